The van der Waals surface area contributed by atoms with Gasteiger partial charge in [-0.2, -0.15) is 13.2 Å². The fourth-order valence-electron chi connectivity index (χ4n) is 1.14. The summed E-state index contributed by atoms with van der Waals surface area (Å²) in [5.41, 5.74) is -5.30. The highest BCUT2D eigenvalue weighted by Gasteiger charge is 2.47. The molecule has 18 heavy (non-hydrogen) atoms. The van der Waals surface area contributed by atoms with Crippen LogP contribution in [0.3, 0.4) is 0 Å². The Morgan fingerprint density at radius 3 is 2.39 bits per heavy atom. The van der Waals surface area contributed by atoms with E-state index in [2.05, 4.69) is 0 Å². The topological polar surface area (TPSA) is 34.1 Å². The average molecular weight is 319 g/mol. The number of halogens is 4. The van der Waals surface area contributed by atoms with Gasteiger partial charge in [0, 0.05) is 16.0 Å². The molecule has 0 heterocycles. The summed E-state index contributed by atoms with van der Waals surface area (Å²) in [5, 5.41) is -0.184. The van der Waals surface area contributed by atoms with Crippen LogP contribution in [0.4, 0.5) is 13.2 Å². The minimum absolute atomic E-state index is 0.0583. The molecule has 0 fully saturated rings. The fraction of sp³-hybridized carbons (Fsp3) is 0.400. The predicted molar refractivity (Wildman–Crippen MR) is 65.7 cm³/mol. The Bertz CT molecular complexity index is 514. The largest absolute Gasteiger partial charge is 0.501 e. The smallest absolute Gasteiger partial charge is 0.214 e. The lowest BCUT2D eigenvalue weighted by atomic mass is 10.4. The van der Waals surface area contributed by atoms with Gasteiger partial charge in [-0.1, -0.05) is 19.1 Å². The number of sulfone groups is 1. The van der Waals surface area contributed by atoms with Gasteiger partial charge in [-0.15, -0.1) is 23.4 Å². The number of hydrogen-bond acceptors (Lipinski definition) is 3. The summed E-state index contributed by atoms with van der Waals surface area (Å²) in [7, 11) is -5.32. The van der Waals surface area contributed by atoms with E-state index in [1.165, 1.54) is 18.2 Å². The Kier molecular flexibility index (Phi) is 4.97. The molecule has 102 valence electrons. The Morgan fingerprint density at radius 1 is 1.33 bits per heavy atom. The van der Waals surface area contributed by atoms with Crippen LogP contribution in [0.5, 0.6) is 0 Å². The van der Waals surface area contributed by atoms with Crippen LogP contribution < -0.4 is 0 Å². The van der Waals surface area contributed by atoms with Crippen molar-refractivity contribution in [1.82, 2.24) is 0 Å². The first-order valence-corrected chi connectivity index (χ1v) is 7.73. The molecule has 0 saturated heterocycles. The van der Waals surface area contributed by atoms with Crippen molar-refractivity contribution in [2.24, 2.45) is 0 Å². The summed E-state index contributed by atoms with van der Waals surface area (Å²) in [5.74, 6) is 0.213. The zero-order valence-electron chi connectivity index (χ0n) is 9.24. The van der Waals surface area contributed by atoms with Gasteiger partial charge in [0.25, 0.3) is 9.84 Å². The van der Waals surface area contributed by atoms with E-state index in [1.54, 1.807) is 6.92 Å². The Labute approximate surface area is 112 Å². The first-order chi connectivity index (χ1) is 8.20. The van der Waals surface area contributed by atoms with Crippen molar-refractivity contribution >= 4 is 33.2 Å². The van der Waals surface area contributed by atoms with Crippen LogP contribution >= 0.6 is 23.4 Å². The van der Waals surface area contributed by atoms with Crippen molar-refractivity contribution in [3.63, 3.8) is 0 Å². The zero-order chi connectivity index (χ0) is 14.0. The molecule has 0 saturated carbocycles. The molecule has 0 aliphatic heterocycles. The maximum atomic E-state index is 12.5. The maximum Gasteiger partial charge on any atom is 0.501 e. The lowest BCUT2D eigenvalue weighted by Crippen LogP contribution is -2.24. The summed E-state index contributed by atoms with van der Waals surface area (Å²) >= 11 is 6.57. The average Bonchev–Trinajstić information content (AvgIpc) is 2.28. The van der Waals surface area contributed by atoms with Crippen LogP contribution in [-0.2, 0) is 9.84 Å². The molecule has 2 nitrogen and oxygen atoms in total. The highest BCUT2D eigenvalue weighted by molar-refractivity contribution is 8.01. The maximum absolute atomic E-state index is 12.5. The third kappa shape index (κ3) is 3.33. The Hall–Kier alpha value is -0.400. The Balaban J connectivity index is 3.26. The van der Waals surface area contributed by atoms with Gasteiger partial charge in [-0.25, -0.2) is 8.42 Å². The monoisotopic (exact) mass is 318 g/mol. The lowest BCUT2D eigenvalue weighted by Gasteiger charge is -2.14. The van der Waals surface area contributed by atoms with Crippen molar-refractivity contribution in [3.8, 4) is 0 Å². The minimum atomic E-state index is -5.32. The SMILES string of the molecule is CC(CCl)Sc1ccccc1S(=O)(=O)C(F)(F)F. The van der Waals surface area contributed by atoms with E-state index in [-0.39, 0.29) is 16.0 Å². The molecule has 0 radical (unpaired) electrons. The molecule has 0 aliphatic rings. The minimum Gasteiger partial charge on any atom is -0.214 e. The first kappa shape index (κ1) is 15.7. The number of benzene rings is 1. The number of hydrogen-bond donors (Lipinski definition) is 0. The van der Waals surface area contributed by atoms with Gasteiger partial charge in [0.05, 0.1) is 4.90 Å². The fourth-order valence-corrected chi connectivity index (χ4v) is 3.48. The highest BCUT2D eigenvalue weighted by Crippen LogP contribution is 2.37. The van der Waals surface area contributed by atoms with Crippen LogP contribution in [0.2, 0.25) is 0 Å². The van der Waals surface area contributed by atoms with E-state index in [0.29, 0.717) is 0 Å². The molecule has 8 heteroatoms. The highest BCUT2D eigenvalue weighted by atomic mass is 35.5. The number of rotatable bonds is 4. The van der Waals surface area contributed by atoms with E-state index < -0.39 is 20.2 Å². The lowest BCUT2D eigenvalue weighted by molar-refractivity contribution is -0.0437. The van der Waals surface area contributed by atoms with Crippen LogP contribution in [0.25, 0.3) is 0 Å². The third-order valence-electron chi connectivity index (χ3n) is 1.99. The molecule has 1 aromatic carbocycles. The third-order valence-corrected chi connectivity index (χ3v) is 5.49. The van der Waals surface area contributed by atoms with Gasteiger partial charge in [-0.3, -0.25) is 0 Å². The van der Waals surface area contributed by atoms with Gasteiger partial charge >= 0.3 is 5.51 Å². The van der Waals surface area contributed by atoms with Crippen LogP contribution in [-0.4, -0.2) is 25.1 Å². The normalized spacial score (nSPS) is 14.5. The molecular formula is C10H10ClF3O2S2. The van der Waals surface area contributed by atoms with Crippen molar-refractivity contribution in [2.75, 3.05) is 5.88 Å². The summed E-state index contributed by atoms with van der Waals surface area (Å²) in [6, 6.07) is 5.03. The standard InChI is InChI=1S/C10H10ClF3O2S2/c1-7(6-11)17-8-4-2-3-5-9(8)18(15,16)10(12,13)14/h2-5,7H,6H2,1H3. The van der Waals surface area contributed by atoms with Gasteiger partial charge in [0.15, 0.2) is 0 Å². The quantitative estimate of drug-likeness (QED) is 0.627. The number of alkyl halides is 4. The zero-order valence-corrected chi connectivity index (χ0v) is 11.6. The van der Waals surface area contributed by atoms with E-state index in [9.17, 15) is 21.6 Å². The molecule has 0 amide bonds. The molecule has 0 bridgehead atoms. The first-order valence-electron chi connectivity index (χ1n) is 4.83. The summed E-state index contributed by atoms with van der Waals surface area (Å²) in [6.07, 6.45) is 0. The van der Waals surface area contributed by atoms with Crippen LogP contribution in [0.15, 0.2) is 34.1 Å². The second-order valence-electron chi connectivity index (χ2n) is 3.48. The van der Waals surface area contributed by atoms with Crippen LogP contribution in [0.1, 0.15) is 6.92 Å². The molecule has 1 aromatic rings. The molecular weight excluding hydrogens is 309 g/mol. The van der Waals surface area contributed by atoms with Gasteiger partial charge < -0.3 is 0 Å². The van der Waals surface area contributed by atoms with E-state index >= 15 is 0 Å². The van der Waals surface area contributed by atoms with E-state index in [4.69, 9.17) is 11.6 Å². The second kappa shape index (κ2) is 5.71. The van der Waals surface area contributed by atoms with Crippen molar-refractivity contribution in [3.05, 3.63) is 24.3 Å². The number of thioether (sulfide) groups is 1. The molecule has 0 aliphatic carbocycles. The molecule has 0 aromatic heterocycles. The second-order valence-corrected chi connectivity index (χ2v) is 7.18. The molecule has 1 atom stereocenters. The summed E-state index contributed by atoms with van der Waals surface area (Å²) < 4.78 is 60.2. The summed E-state index contributed by atoms with van der Waals surface area (Å²) in [6.45, 7) is 1.70. The van der Waals surface area contributed by atoms with Crippen molar-refractivity contribution < 1.29 is 21.6 Å². The van der Waals surface area contributed by atoms with Gasteiger partial charge in [0.1, 0.15) is 0 Å². The van der Waals surface area contributed by atoms with E-state index in [0.717, 1.165) is 17.8 Å². The molecule has 0 N–H and O–H groups in total. The summed E-state index contributed by atoms with van der Waals surface area (Å²) in [4.78, 5) is -0.664. The van der Waals surface area contributed by atoms with E-state index in [1.807, 2.05) is 0 Å². The predicted octanol–water partition coefficient (Wildman–Crippen LogP) is 3.70. The Morgan fingerprint density at radius 2 is 1.89 bits per heavy atom. The van der Waals surface area contributed by atoms with Gasteiger partial charge in [-0.05, 0) is 12.1 Å². The molecule has 1 unspecified atom stereocenters. The molecule has 0 spiro atoms. The van der Waals surface area contributed by atoms with Crippen molar-refractivity contribution in [1.29, 1.82) is 0 Å². The van der Waals surface area contributed by atoms with Crippen molar-refractivity contribution in [2.45, 2.75) is 27.5 Å². The van der Waals surface area contributed by atoms with Gasteiger partial charge in [0.2, 0.25) is 0 Å². The van der Waals surface area contributed by atoms with Crippen LogP contribution in [0, 0.1) is 0 Å². The molecule has 1 rings (SSSR count).